The Morgan fingerprint density at radius 3 is 1.73 bits per heavy atom. The first-order chi connectivity index (χ1) is 10.9. The Hall–Kier alpha value is -2.54. The lowest BCUT2D eigenvalue weighted by molar-refractivity contribution is 0.931. The van der Waals surface area contributed by atoms with E-state index in [1.807, 2.05) is 0 Å². The van der Waals surface area contributed by atoms with Gasteiger partial charge >= 0.3 is 0 Å². The van der Waals surface area contributed by atoms with Crippen LogP contribution >= 0.6 is 0 Å². The highest BCUT2D eigenvalue weighted by Gasteiger charge is 2.14. The van der Waals surface area contributed by atoms with Gasteiger partial charge in [0.25, 0.3) is 0 Å². The molecule has 0 atom stereocenters. The SMILES string of the molecule is CCc1ccccc1NC(c1ccccc1)c1ccccc1. The third kappa shape index (κ3) is 3.20. The van der Waals surface area contributed by atoms with Gasteiger partial charge in [-0.1, -0.05) is 85.8 Å². The minimum absolute atomic E-state index is 0.162. The molecule has 0 aliphatic carbocycles. The largest absolute Gasteiger partial charge is 0.374 e. The molecule has 3 rings (SSSR count). The van der Waals surface area contributed by atoms with E-state index in [0.29, 0.717) is 0 Å². The van der Waals surface area contributed by atoms with E-state index >= 15 is 0 Å². The third-order valence-electron chi connectivity index (χ3n) is 3.96. The maximum atomic E-state index is 3.73. The Morgan fingerprint density at radius 1 is 0.682 bits per heavy atom. The average Bonchev–Trinajstić information content (AvgIpc) is 2.61. The molecule has 0 radical (unpaired) electrons. The van der Waals surface area contributed by atoms with Crippen LogP contribution in [-0.4, -0.2) is 0 Å². The van der Waals surface area contributed by atoms with E-state index in [0.717, 1.165) is 6.42 Å². The zero-order chi connectivity index (χ0) is 15.2. The molecule has 22 heavy (non-hydrogen) atoms. The summed E-state index contributed by atoms with van der Waals surface area (Å²) in [6.45, 7) is 2.19. The van der Waals surface area contributed by atoms with Crippen LogP contribution in [-0.2, 0) is 6.42 Å². The number of hydrogen-bond donors (Lipinski definition) is 1. The molecule has 0 heterocycles. The Balaban J connectivity index is 1.99. The van der Waals surface area contributed by atoms with Gasteiger partial charge in [0, 0.05) is 5.69 Å². The van der Waals surface area contributed by atoms with Crippen molar-refractivity contribution in [3.05, 3.63) is 102 Å². The molecule has 0 saturated carbocycles. The molecule has 0 amide bonds. The first-order valence-electron chi connectivity index (χ1n) is 7.83. The Morgan fingerprint density at radius 2 is 1.18 bits per heavy atom. The lowest BCUT2D eigenvalue weighted by Crippen LogP contribution is -2.13. The number of para-hydroxylation sites is 1. The molecular formula is C21H21N. The first kappa shape index (κ1) is 14.4. The van der Waals surface area contributed by atoms with Crippen LogP contribution in [0.4, 0.5) is 5.69 Å². The molecule has 0 bridgehead atoms. The smallest absolute Gasteiger partial charge is 0.0767 e. The standard InChI is InChI=1S/C21H21N/c1-2-17-11-9-10-16-20(17)22-21(18-12-5-3-6-13-18)19-14-7-4-8-15-19/h3-16,21-22H,2H2,1H3. The van der Waals surface area contributed by atoms with E-state index in [4.69, 9.17) is 0 Å². The van der Waals surface area contributed by atoms with Crippen molar-refractivity contribution in [3.63, 3.8) is 0 Å². The summed E-state index contributed by atoms with van der Waals surface area (Å²) in [5.41, 5.74) is 5.11. The van der Waals surface area contributed by atoms with Crippen molar-refractivity contribution >= 4 is 5.69 Å². The lowest BCUT2D eigenvalue weighted by Gasteiger charge is -2.22. The predicted molar refractivity (Wildman–Crippen MR) is 94.2 cm³/mol. The summed E-state index contributed by atoms with van der Waals surface area (Å²) >= 11 is 0. The fraction of sp³-hybridized carbons (Fsp3) is 0.143. The highest BCUT2D eigenvalue weighted by Crippen LogP contribution is 2.28. The number of aryl methyl sites for hydroxylation is 1. The van der Waals surface area contributed by atoms with Crippen molar-refractivity contribution in [2.75, 3.05) is 5.32 Å². The van der Waals surface area contributed by atoms with E-state index in [1.165, 1.54) is 22.4 Å². The van der Waals surface area contributed by atoms with Crippen molar-refractivity contribution in [1.82, 2.24) is 0 Å². The van der Waals surface area contributed by atoms with Crippen molar-refractivity contribution < 1.29 is 0 Å². The molecular weight excluding hydrogens is 266 g/mol. The molecule has 0 aliphatic rings. The number of benzene rings is 3. The van der Waals surface area contributed by atoms with Gasteiger partial charge in [-0.15, -0.1) is 0 Å². The van der Waals surface area contributed by atoms with Gasteiger partial charge in [-0.3, -0.25) is 0 Å². The molecule has 1 nitrogen and oxygen atoms in total. The van der Waals surface area contributed by atoms with Crippen LogP contribution < -0.4 is 5.32 Å². The van der Waals surface area contributed by atoms with Crippen LogP contribution in [0.5, 0.6) is 0 Å². The molecule has 0 aliphatic heterocycles. The quantitative estimate of drug-likeness (QED) is 0.658. The van der Waals surface area contributed by atoms with Gasteiger partial charge in [-0.2, -0.15) is 0 Å². The van der Waals surface area contributed by atoms with Crippen LogP contribution in [0.2, 0.25) is 0 Å². The number of hydrogen-bond acceptors (Lipinski definition) is 1. The van der Waals surface area contributed by atoms with Crippen LogP contribution in [0.1, 0.15) is 29.7 Å². The Bertz CT molecular complexity index is 665. The van der Waals surface area contributed by atoms with Gasteiger partial charge in [-0.25, -0.2) is 0 Å². The second-order valence-corrected chi connectivity index (χ2v) is 5.41. The normalized spacial score (nSPS) is 10.6. The number of anilines is 1. The maximum absolute atomic E-state index is 3.73. The van der Waals surface area contributed by atoms with Crippen molar-refractivity contribution in [1.29, 1.82) is 0 Å². The summed E-state index contributed by atoms with van der Waals surface area (Å²) in [6, 6.07) is 29.9. The molecule has 0 spiro atoms. The number of nitrogens with one attached hydrogen (secondary N) is 1. The lowest BCUT2D eigenvalue weighted by atomic mass is 9.97. The first-order valence-corrected chi connectivity index (χ1v) is 7.83. The molecule has 0 saturated heterocycles. The minimum Gasteiger partial charge on any atom is -0.374 e. The van der Waals surface area contributed by atoms with Crippen LogP contribution in [0.15, 0.2) is 84.9 Å². The summed E-state index contributed by atoms with van der Waals surface area (Å²) in [4.78, 5) is 0. The predicted octanol–water partition coefficient (Wildman–Crippen LogP) is 5.45. The molecule has 3 aromatic carbocycles. The van der Waals surface area contributed by atoms with Gasteiger partial charge in [-0.05, 0) is 29.2 Å². The number of rotatable bonds is 5. The van der Waals surface area contributed by atoms with Crippen LogP contribution in [0, 0.1) is 0 Å². The molecule has 110 valence electrons. The Labute approximate surface area is 132 Å². The average molecular weight is 287 g/mol. The summed E-state index contributed by atoms with van der Waals surface area (Å²) < 4.78 is 0. The van der Waals surface area contributed by atoms with E-state index in [-0.39, 0.29) is 6.04 Å². The summed E-state index contributed by atoms with van der Waals surface area (Å²) in [5, 5.41) is 3.73. The molecule has 0 fully saturated rings. The van der Waals surface area contributed by atoms with Crippen LogP contribution in [0.25, 0.3) is 0 Å². The van der Waals surface area contributed by atoms with Gasteiger partial charge in [0.1, 0.15) is 0 Å². The second kappa shape index (κ2) is 6.95. The van der Waals surface area contributed by atoms with Crippen molar-refractivity contribution in [2.24, 2.45) is 0 Å². The van der Waals surface area contributed by atoms with E-state index in [1.54, 1.807) is 0 Å². The molecule has 1 heteroatoms. The van der Waals surface area contributed by atoms with E-state index < -0.39 is 0 Å². The fourth-order valence-electron chi connectivity index (χ4n) is 2.78. The zero-order valence-corrected chi connectivity index (χ0v) is 12.9. The molecule has 0 aromatic heterocycles. The van der Waals surface area contributed by atoms with E-state index in [2.05, 4.69) is 97.2 Å². The summed E-state index contributed by atoms with van der Waals surface area (Å²) in [7, 11) is 0. The second-order valence-electron chi connectivity index (χ2n) is 5.41. The zero-order valence-electron chi connectivity index (χ0n) is 12.9. The Kier molecular flexibility index (Phi) is 4.55. The van der Waals surface area contributed by atoms with Gasteiger partial charge in [0.2, 0.25) is 0 Å². The van der Waals surface area contributed by atoms with Crippen molar-refractivity contribution in [3.8, 4) is 0 Å². The van der Waals surface area contributed by atoms with Gasteiger partial charge in [0.15, 0.2) is 0 Å². The monoisotopic (exact) mass is 287 g/mol. The van der Waals surface area contributed by atoms with Gasteiger partial charge < -0.3 is 5.32 Å². The highest BCUT2D eigenvalue weighted by molar-refractivity contribution is 5.54. The van der Waals surface area contributed by atoms with Crippen molar-refractivity contribution in [2.45, 2.75) is 19.4 Å². The minimum atomic E-state index is 0.162. The van der Waals surface area contributed by atoms with E-state index in [9.17, 15) is 0 Å². The molecule has 3 aromatic rings. The van der Waals surface area contributed by atoms with Gasteiger partial charge in [0.05, 0.1) is 6.04 Å². The fourth-order valence-corrected chi connectivity index (χ4v) is 2.78. The third-order valence-corrected chi connectivity index (χ3v) is 3.96. The molecule has 1 N–H and O–H groups in total. The van der Waals surface area contributed by atoms with Crippen LogP contribution in [0.3, 0.4) is 0 Å². The summed E-state index contributed by atoms with van der Waals surface area (Å²) in [5.74, 6) is 0. The molecule has 0 unspecified atom stereocenters. The summed E-state index contributed by atoms with van der Waals surface area (Å²) in [6.07, 6.45) is 1.03. The maximum Gasteiger partial charge on any atom is 0.0767 e. The highest BCUT2D eigenvalue weighted by atomic mass is 14.9. The topological polar surface area (TPSA) is 12.0 Å².